The minimum absolute atomic E-state index is 0.00278. The highest BCUT2D eigenvalue weighted by Gasteiger charge is 2.29. The van der Waals surface area contributed by atoms with E-state index in [1.165, 1.54) is 12.1 Å². The summed E-state index contributed by atoms with van der Waals surface area (Å²) in [6, 6.07) is 3.07. The molecule has 0 saturated heterocycles. The topological polar surface area (TPSA) is 52.1 Å². The summed E-state index contributed by atoms with van der Waals surface area (Å²) < 4.78 is 5.43. The van der Waals surface area contributed by atoms with E-state index >= 15 is 0 Å². The summed E-state index contributed by atoms with van der Waals surface area (Å²) in [5.74, 6) is -0.413. The van der Waals surface area contributed by atoms with Crippen LogP contribution in [0, 0.1) is 5.41 Å². The van der Waals surface area contributed by atoms with Gasteiger partial charge in [0.15, 0.2) is 10.8 Å². The molecule has 0 aromatic carbocycles. The highest BCUT2D eigenvalue weighted by Crippen LogP contribution is 2.36. The molecule has 0 spiro atoms. The lowest BCUT2D eigenvalue weighted by atomic mass is 9.76. The molecule has 1 fully saturated rings. The van der Waals surface area contributed by atoms with Crippen molar-refractivity contribution >= 4 is 17.6 Å². The van der Waals surface area contributed by atoms with E-state index < -0.39 is 5.97 Å². The molecule has 1 saturated carbocycles. The Hall–Kier alpha value is -1.16. The summed E-state index contributed by atoms with van der Waals surface area (Å²) in [6.45, 7) is 4.49. The van der Waals surface area contributed by atoms with Crippen LogP contribution >= 0.6 is 11.6 Å². The van der Waals surface area contributed by atoms with Crippen molar-refractivity contribution in [3.63, 3.8) is 0 Å². The summed E-state index contributed by atoms with van der Waals surface area (Å²) >= 11 is 5.61. The first kappa shape index (κ1) is 13.3. The molecule has 1 aliphatic rings. The van der Waals surface area contributed by atoms with Gasteiger partial charge in [0.1, 0.15) is 6.10 Å². The van der Waals surface area contributed by atoms with Crippen LogP contribution < -0.4 is 0 Å². The van der Waals surface area contributed by atoms with E-state index in [0.29, 0.717) is 5.41 Å². The Morgan fingerprint density at radius 3 is 2.56 bits per heavy atom. The average Bonchev–Trinajstić information content (AvgIpc) is 2.33. The van der Waals surface area contributed by atoms with Crippen molar-refractivity contribution in [3.8, 4) is 0 Å². The van der Waals surface area contributed by atoms with Crippen molar-refractivity contribution in [2.24, 2.45) is 5.41 Å². The Balaban J connectivity index is 1.90. The van der Waals surface area contributed by atoms with Gasteiger partial charge in [0.25, 0.3) is 0 Å². The third-order valence-electron chi connectivity index (χ3n) is 3.40. The molecule has 1 aromatic rings. The fourth-order valence-corrected chi connectivity index (χ4v) is 2.23. The Bertz CT molecular complexity index is 421. The molecule has 0 atom stereocenters. The zero-order chi connectivity index (χ0) is 13.2. The summed E-state index contributed by atoms with van der Waals surface area (Å²) in [4.78, 5) is 11.8. The zero-order valence-corrected chi connectivity index (χ0v) is 11.4. The van der Waals surface area contributed by atoms with Crippen molar-refractivity contribution in [2.45, 2.75) is 45.6 Å². The molecular formula is C13H17ClN2O2. The third kappa shape index (κ3) is 3.42. The molecule has 0 radical (unpaired) electrons. The molecule has 2 rings (SSSR count). The Morgan fingerprint density at radius 1 is 1.33 bits per heavy atom. The maximum Gasteiger partial charge on any atom is 0.359 e. The zero-order valence-electron chi connectivity index (χ0n) is 10.6. The minimum Gasteiger partial charge on any atom is -0.458 e. The fraction of sp³-hybridized carbons (Fsp3) is 0.615. The molecule has 1 aromatic heterocycles. The lowest BCUT2D eigenvalue weighted by Crippen LogP contribution is -2.28. The highest BCUT2D eigenvalue weighted by atomic mass is 35.5. The average molecular weight is 269 g/mol. The smallest absolute Gasteiger partial charge is 0.359 e. The van der Waals surface area contributed by atoms with Crippen molar-refractivity contribution in [3.05, 3.63) is 23.0 Å². The first-order chi connectivity index (χ1) is 8.46. The lowest BCUT2D eigenvalue weighted by molar-refractivity contribution is 0.00880. The second-order valence-corrected chi connectivity index (χ2v) is 5.90. The molecule has 0 bridgehead atoms. The van der Waals surface area contributed by atoms with Gasteiger partial charge < -0.3 is 4.74 Å². The number of esters is 1. The summed E-state index contributed by atoms with van der Waals surface area (Å²) in [7, 11) is 0. The number of ether oxygens (including phenoxy) is 1. The maximum atomic E-state index is 11.8. The summed E-state index contributed by atoms with van der Waals surface area (Å²) in [6.07, 6.45) is 4.00. The summed E-state index contributed by atoms with van der Waals surface area (Å²) in [5, 5.41) is 7.62. The van der Waals surface area contributed by atoms with Crippen molar-refractivity contribution in [2.75, 3.05) is 0 Å². The fourth-order valence-electron chi connectivity index (χ4n) is 2.13. The van der Waals surface area contributed by atoms with E-state index in [9.17, 15) is 4.79 Å². The van der Waals surface area contributed by atoms with Gasteiger partial charge in [-0.05, 0) is 43.2 Å². The quantitative estimate of drug-likeness (QED) is 0.773. The van der Waals surface area contributed by atoms with Crippen LogP contribution in [0.25, 0.3) is 0 Å². The largest absolute Gasteiger partial charge is 0.458 e. The molecular weight excluding hydrogens is 252 g/mol. The number of hydrogen-bond donors (Lipinski definition) is 0. The molecule has 4 nitrogen and oxygen atoms in total. The minimum atomic E-state index is -0.413. The number of halogens is 1. The van der Waals surface area contributed by atoms with E-state index in [1.54, 1.807) is 0 Å². The van der Waals surface area contributed by atoms with Gasteiger partial charge in [-0.3, -0.25) is 0 Å². The Labute approximate surface area is 112 Å². The monoisotopic (exact) mass is 268 g/mol. The maximum absolute atomic E-state index is 11.8. The first-order valence-corrected chi connectivity index (χ1v) is 6.54. The number of nitrogens with zero attached hydrogens (tertiary/aromatic N) is 2. The SMILES string of the molecule is CC1(C)CCC(OC(=O)c2ccc(Cl)nn2)CC1. The number of carbonyl (C=O) groups excluding carboxylic acids is 1. The highest BCUT2D eigenvalue weighted by molar-refractivity contribution is 6.29. The van der Waals surface area contributed by atoms with Gasteiger partial charge in [-0.1, -0.05) is 25.4 Å². The van der Waals surface area contributed by atoms with Crippen molar-refractivity contribution in [1.82, 2.24) is 10.2 Å². The second kappa shape index (κ2) is 5.22. The molecule has 0 unspecified atom stereocenters. The van der Waals surface area contributed by atoms with E-state index in [2.05, 4.69) is 24.0 Å². The van der Waals surface area contributed by atoms with Gasteiger partial charge in [-0.15, -0.1) is 10.2 Å². The van der Waals surface area contributed by atoms with Crippen LogP contribution in [-0.4, -0.2) is 22.3 Å². The summed E-state index contributed by atoms with van der Waals surface area (Å²) in [5.41, 5.74) is 0.576. The second-order valence-electron chi connectivity index (χ2n) is 5.51. The number of aromatic nitrogens is 2. The van der Waals surface area contributed by atoms with E-state index in [0.717, 1.165) is 25.7 Å². The van der Waals surface area contributed by atoms with Crippen molar-refractivity contribution in [1.29, 1.82) is 0 Å². The van der Waals surface area contributed by atoms with Gasteiger partial charge in [-0.2, -0.15) is 0 Å². The molecule has 0 N–H and O–H groups in total. The van der Waals surface area contributed by atoms with Crippen LogP contribution in [0.5, 0.6) is 0 Å². The molecule has 0 amide bonds. The molecule has 1 aliphatic carbocycles. The van der Waals surface area contributed by atoms with Crippen LogP contribution in [0.15, 0.2) is 12.1 Å². The van der Waals surface area contributed by atoms with Gasteiger partial charge in [0, 0.05) is 0 Å². The normalized spacial score (nSPS) is 19.5. The lowest BCUT2D eigenvalue weighted by Gasteiger charge is -2.33. The van der Waals surface area contributed by atoms with Crippen molar-refractivity contribution < 1.29 is 9.53 Å². The number of rotatable bonds is 2. The van der Waals surface area contributed by atoms with Gasteiger partial charge in [0.05, 0.1) is 0 Å². The van der Waals surface area contributed by atoms with Crippen LogP contribution in [0.1, 0.15) is 50.0 Å². The van der Waals surface area contributed by atoms with E-state index in [-0.39, 0.29) is 17.0 Å². The van der Waals surface area contributed by atoms with Crippen LogP contribution in [0.2, 0.25) is 5.15 Å². The molecule has 5 heteroatoms. The predicted molar refractivity (Wildman–Crippen MR) is 68.5 cm³/mol. The third-order valence-corrected chi connectivity index (χ3v) is 3.60. The molecule has 98 valence electrons. The molecule has 1 heterocycles. The van der Waals surface area contributed by atoms with Gasteiger partial charge in [-0.25, -0.2) is 4.79 Å². The Morgan fingerprint density at radius 2 is 2.00 bits per heavy atom. The van der Waals surface area contributed by atoms with E-state index in [4.69, 9.17) is 16.3 Å². The number of carbonyl (C=O) groups is 1. The van der Waals surface area contributed by atoms with Gasteiger partial charge >= 0.3 is 5.97 Å². The predicted octanol–water partition coefficient (Wildman–Crippen LogP) is 3.26. The van der Waals surface area contributed by atoms with Crippen LogP contribution in [-0.2, 0) is 4.74 Å². The van der Waals surface area contributed by atoms with Crippen LogP contribution in [0.3, 0.4) is 0 Å². The Kier molecular flexibility index (Phi) is 3.85. The van der Waals surface area contributed by atoms with E-state index in [1.807, 2.05) is 0 Å². The molecule has 18 heavy (non-hydrogen) atoms. The molecule has 0 aliphatic heterocycles. The number of hydrogen-bond acceptors (Lipinski definition) is 4. The van der Waals surface area contributed by atoms with Crippen LogP contribution in [0.4, 0.5) is 0 Å². The standard InChI is InChI=1S/C13H17ClN2O2/c1-13(2)7-5-9(6-8-13)18-12(17)10-3-4-11(14)16-15-10/h3-4,9H,5-8H2,1-2H3. The van der Waals surface area contributed by atoms with Gasteiger partial charge in [0.2, 0.25) is 0 Å². The first-order valence-electron chi connectivity index (χ1n) is 6.16.